The van der Waals surface area contributed by atoms with Crippen LogP contribution < -0.4 is 0 Å². The van der Waals surface area contributed by atoms with Crippen LogP contribution in [0.3, 0.4) is 0 Å². The van der Waals surface area contributed by atoms with Gasteiger partial charge < -0.3 is 0 Å². The third-order valence-corrected chi connectivity index (χ3v) is 17.9. The van der Waals surface area contributed by atoms with Gasteiger partial charge in [0.05, 0.1) is 112 Å². The van der Waals surface area contributed by atoms with Crippen LogP contribution >= 0.6 is 0 Å². The van der Waals surface area contributed by atoms with Crippen LogP contribution in [0.25, 0.3) is 168 Å². The summed E-state index contributed by atoms with van der Waals surface area (Å²) in [6.07, 6.45) is -19.3. The van der Waals surface area contributed by atoms with Crippen LogP contribution in [0.15, 0.2) is 279 Å². The van der Waals surface area contributed by atoms with Gasteiger partial charge in [-0.05, 0) is 118 Å². The summed E-state index contributed by atoms with van der Waals surface area (Å²) in [6.45, 7) is 0. The molecule has 0 radical (unpaired) electrons. The summed E-state index contributed by atoms with van der Waals surface area (Å²) in [7, 11) is 0. The number of nitrogens with zero attached hydrogens (tertiary/aromatic N) is 8. The standard InChI is InChI=1S/C84H46F12N8/c85-81(86,87)58-25-15-24-56(41-58)76-73(47-16-4-1-5-17-47)97-65-36-31-50(43-69(65)101-76)51-32-37-66-70(44-51)102-77(74(98-66)48-18-6-2-7-19-48)57-30-35-59(64(42-57)84(94,95)96)54-22-14-23-55(40-54)78-80(61-27-11-13-29-63(61)83(91,92)93)104-72-46-53(34-39-68(72)100-78)52-33-38-67-71(45-52)103-79(75(99-67)49-20-8-3-9-21-49)60-26-10-12-28-62(60)82(88,89)90/h1-46H. The molecule has 4 aromatic heterocycles. The summed E-state index contributed by atoms with van der Waals surface area (Å²) in [4.78, 5) is 39.4. The molecule has 8 nitrogen and oxygen atoms in total. The van der Waals surface area contributed by atoms with Crippen LogP contribution in [-0.2, 0) is 24.7 Å². The van der Waals surface area contributed by atoms with Crippen LogP contribution in [0.2, 0.25) is 0 Å². The lowest BCUT2D eigenvalue weighted by atomic mass is 9.92. The molecule has 0 aliphatic carbocycles. The van der Waals surface area contributed by atoms with Crippen LogP contribution in [0.1, 0.15) is 22.3 Å². The smallest absolute Gasteiger partial charge is 0.244 e. The Hall–Kier alpha value is -12.8. The molecule has 0 N–H and O–H groups in total. The third-order valence-electron chi connectivity index (χ3n) is 17.9. The summed E-state index contributed by atoms with van der Waals surface area (Å²) in [5.74, 6) is 0. The maximum Gasteiger partial charge on any atom is 0.417 e. The maximum absolute atomic E-state index is 16.0. The zero-order valence-electron chi connectivity index (χ0n) is 53.7. The lowest BCUT2D eigenvalue weighted by Gasteiger charge is -2.18. The monoisotopic (exact) mass is 1390 g/mol. The Balaban J connectivity index is 0.786. The first kappa shape index (κ1) is 65.8. The number of aromatic nitrogens is 8. The van der Waals surface area contributed by atoms with Gasteiger partial charge in [-0.1, -0.05) is 194 Å². The fraction of sp³-hybridized carbons (Fsp3) is 0.0476. The van der Waals surface area contributed by atoms with E-state index in [0.29, 0.717) is 72.2 Å². The Morgan fingerprint density at radius 3 is 0.846 bits per heavy atom. The van der Waals surface area contributed by atoms with E-state index in [1.54, 1.807) is 164 Å². The molecule has 104 heavy (non-hydrogen) atoms. The number of rotatable bonds is 11. The van der Waals surface area contributed by atoms with Crippen LogP contribution in [0.5, 0.6) is 0 Å². The highest BCUT2D eigenvalue weighted by Crippen LogP contribution is 2.47. The molecule has 0 saturated carbocycles. The molecule has 0 unspecified atom stereocenters. The van der Waals surface area contributed by atoms with Crippen molar-refractivity contribution < 1.29 is 52.7 Å². The first-order chi connectivity index (χ1) is 50.0. The minimum atomic E-state index is -5.01. The largest absolute Gasteiger partial charge is 0.417 e. The second-order valence-corrected chi connectivity index (χ2v) is 24.6. The molecule has 0 fully saturated rings. The summed E-state index contributed by atoms with van der Waals surface area (Å²) in [5.41, 5.74) is 2.91. The van der Waals surface area contributed by atoms with E-state index < -0.39 is 47.0 Å². The molecule has 12 aromatic carbocycles. The minimum absolute atomic E-state index is 0.0175. The number of benzene rings is 12. The molecule has 0 aliphatic rings. The van der Waals surface area contributed by atoms with Crippen molar-refractivity contribution in [3.8, 4) is 123 Å². The average Bonchev–Trinajstić information content (AvgIpc) is 0.764. The summed E-state index contributed by atoms with van der Waals surface area (Å²) in [6, 6.07) is 71.3. The van der Waals surface area contributed by atoms with Crippen molar-refractivity contribution in [2.24, 2.45) is 0 Å². The molecule has 0 atom stereocenters. The van der Waals surface area contributed by atoms with Gasteiger partial charge in [0.15, 0.2) is 0 Å². The third kappa shape index (κ3) is 12.6. The number of fused-ring (bicyclic) bond motifs is 4. The Labute approximate surface area is 583 Å². The first-order valence-corrected chi connectivity index (χ1v) is 32.3. The first-order valence-electron chi connectivity index (χ1n) is 32.3. The highest BCUT2D eigenvalue weighted by atomic mass is 19.4. The summed E-state index contributed by atoms with van der Waals surface area (Å²) < 4.78 is 179. The second kappa shape index (κ2) is 25.7. The quantitative estimate of drug-likeness (QED) is 0.118. The normalized spacial score (nSPS) is 12.2. The van der Waals surface area contributed by atoms with Gasteiger partial charge in [-0.15, -0.1) is 0 Å². The fourth-order valence-corrected chi connectivity index (χ4v) is 13.0. The number of hydrogen-bond acceptors (Lipinski definition) is 8. The molecule has 16 aromatic rings. The predicted octanol–water partition coefficient (Wildman–Crippen LogP) is 23.9. The molecule has 0 saturated heterocycles. The molecule has 506 valence electrons. The molecular weight excluding hydrogens is 1350 g/mol. The molecule has 4 heterocycles. The lowest BCUT2D eigenvalue weighted by Crippen LogP contribution is -2.09. The Morgan fingerprint density at radius 2 is 0.452 bits per heavy atom. The van der Waals surface area contributed by atoms with Crippen molar-refractivity contribution in [1.82, 2.24) is 39.9 Å². The van der Waals surface area contributed by atoms with Gasteiger partial charge in [0, 0.05) is 44.5 Å². The van der Waals surface area contributed by atoms with Crippen molar-refractivity contribution in [3.63, 3.8) is 0 Å². The number of alkyl halides is 12. The number of hydrogen-bond donors (Lipinski definition) is 0. The fourth-order valence-electron chi connectivity index (χ4n) is 13.0. The Morgan fingerprint density at radius 1 is 0.163 bits per heavy atom. The molecule has 0 aliphatic heterocycles. The van der Waals surface area contributed by atoms with E-state index in [0.717, 1.165) is 30.3 Å². The van der Waals surface area contributed by atoms with Crippen molar-refractivity contribution in [2.45, 2.75) is 24.7 Å². The van der Waals surface area contributed by atoms with E-state index in [-0.39, 0.29) is 95.4 Å². The zero-order valence-corrected chi connectivity index (χ0v) is 53.7. The topological polar surface area (TPSA) is 103 Å². The molecular formula is C84H46F12N8. The highest BCUT2D eigenvalue weighted by molar-refractivity contribution is 5.96. The zero-order chi connectivity index (χ0) is 71.8. The lowest BCUT2D eigenvalue weighted by molar-refractivity contribution is -0.138. The van der Waals surface area contributed by atoms with Crippen LogP contribution in [0.4, 0.5) is 52.7 Å². The second-order valence-electron chi connectivity index (χ2n) is 24.6. The van der Waals surface area contributed by atoms with E-state index in [4.69, 9.17) is 39.9 Å². The molecule has 20 heteroatoms. The molecule has 0 bridgehead atoms. The summed E-state index contributed by atoms with van der Waals surface area (Å²) >= 11 is 0. The van der Waals surface area contributed by atoms with E-state index in [1.807, 2.05) is 6.07 Å². The van der Waals surface area contributed by atoms with Gasteiger partial charge in [0.1, 0.15) is 0 Å². The van der Waals surface area contributed by atoms with Crippen molar-refractivity contribution >= 4 is 44.1 Å². The highest BCUT2D eigenvalue weighted by Gasteiger charge is 2.38. The van der Waals surface area contributed by atoms with E-state index >= 15 is 26.3 Å². The van der Waals surface area contributed by atoms with E-state index in [9.17, 15) is 26.3 Å². The Kier molecular flexibility index (Phi) is 16.2. The molecule has 0 amide bonds. The van der Waals surface area contributed by atoms with Gasteiger partial charge >= 0.3 is 24.7 Å². The molecule has 16 rings (SSSR count). The van der Waals surface area contributed by atoms with Crippen molar-refractivity contribution in [3.05, 3.63) is 301 Å². The predicted molar refractivity (Wildman–Crippen MR) is 379 cm³/mol. The van der Waals surface area contributed by atoms with Crippen LogP contribution in [0, 0.1) is 0 Å². The summed E-state index contributed by atoms with van der Waals surface area (Å²) in [5, 5.41) is 0. The van der Waals surface area contributed by atoms with Gasteiger partial charge in [-0.2, -0.15) is 52.7 Å². The van der Waals surface area contributed by atoms with Gasteiger partial charge in [-0.25, -0.2) is 39.9 Å². The number of halogens is 12. The molecule has 0 spiro atoms. The Bertz CT molecular complexity index is 6060. The van der Waals surface area contributed by atoms with Crippen molar-refractivity contribution in [2.75, 3.05) is 0 Å². The van der Waals surface area contributed by atoms with Crippen LogP contribution in [-0.4, -0.2) is 39.9 Å². The van der Waals surface area contributed by atoms with Crippen molar-refractivity contribution in [1.29, 1.82) is 0 Å². The minimum Gasteiger partial charge on any atom is -0.244 e. The van der Waals surface area contributed by atoms with Gasteiger partial charge in [0.2, 0.25) is 0 Å². The maximum atomic E-state index is 16.0. The SMILES string of the molecule is FC(F)(F)c1cccc(-c2nc3cc(-c4ccc5nc(-c6ccccc6)c(-c6ccc(-c7cccc(-c8nc9ccc(-c%10ccc%11nc(-c%12ccccc%12)c(-c%12ccccc%12C(F)(F)F)nc%11c%10)cc9nc8-c8ccccc8C(F)(F)F)c7)c(C(F)(F)F)c6)nc5c4)ccc3nc2-c2ccccc2)c1. The van der Waals surface area contributed by atoms with Gasteiger partial charge in [-0.3, -0.25) is 0 Å². The van der Waals surface area contributed by atoms with Gasteiger partial charge in [0.25, 0.3) is 0 Å². The average molecular weight is 1400 g/mol. The van der Waals surface area contributed by atoms with E-state index in [2.05, 4.69) is 0 Å². The van der Waals surface area contributed by atoms with E-state index in [1.165, 1.54) is 78.9 Å².